The molecule has 4 rings (SSSR count). The molecule has 12 heteroatoms. The molecule has 0 spiro atoms. The average molecular weight is 699 g/mol. The van der Waals surface area contributed by atoms with Crippen molar-refractivity contribution in [1.82, 2.24) is 30.5 Å². The van der Waals surface area contributed by atoms with Crippen molar-refractivity contribution in [2.24, 2.45) is 11.3 Å². The molecule has 0 bridgehead atoms. The molecule has 0 unspecified atom stereocenters. The highest BCUT2D eigenvalue weighted by atomic mass is 16.4. The van der Waals surface area contributed by atoms with Gasteiger partial charge in [0, 0.05) is 30.2 Å². The number of hydrogen-bond acceptors (Lipinski definition) is 6. The number of carbonyl (C=O) groups is 3. The van der Waals surface area contributed by atoms with Gasteiger partial charge in [0.25, 0.3) is 0 Å². The van der Waals surface area contributed by atoms with Crippen molar-refractivity contribution in [3.05, 3.63) is 113 Å². The molecule has 2 heterocycles. The SMILES string of the molecule is CC[C@H](C)[C@@H](C(=O)N[C@@H](Cc1ccccc1)[C@@H](O)C[C@@H](Cc1ccc(-c2ccccn2)cc1)NC(=O)[C@@H](NC(=O)O)C(C)(C)C)n1cc[nH]c1=O. The Morgan fingerprint density at radius 2 is 1.55 bits per heavy atom. The lowest BCUT2D eigenvalue weighted by Crippen LogP contribution is -2.56. The number of nitrogens with one attached hydrogen (secondary N) is 4. The summed E-state index contributed by atoms with van der Waals surface area (Å²) in [7, 11) is 0. The molecular weight excluding hydrogens is 648 g/mol. The molecule has 12 nitrogen and oxygen atoms in total. The third kappa shape index (κ3) is 10.9. The van der Waals surface area contributed by atoms with Crippen LogP contribution in [0.15, 0.2) is 96.2 Å². The van der Waals surface area contributed by atoms with E-state index in [1.54, 1.807) is 33.2 Å². The van der Waals surface area contributed by atoms with Crippen LogP contribution in [0.3, 0.4) is 0 Å². The normalized spacial score (nSPS) is 15.1. The van der Waals surface area contributed by atoms with E-state index < -0.39 is 59.3 Å². The van der Waals surface area contributed by atoms with Crippen LogP contribution < -0.4 is 21.6 Å². The summed E-state index contributed by atoms with van der Waals surface area (Å²) in [4.78, 5) is 59.0. The van der Waals surface area contributed by atoms with Gasteiger partial charge in [-0.15, -0.1) is 0 Å². The Labute approximate surface area is 298 Å². The number of amides is 3. The highest BCUT2D eigenvalue weighted by Crippen LogP contribution is 2.24. The standard InChI is InChI=1S/C39H50N6O6/c1-6-25(2)33(45-21-20-41-37(45)49)35(47)43-31(23-26-12-8-7-9-13-26)32(46)24-29(42-36(48)34(39(3,4)5)44-38(50)51)22-27-15-17-28(18-16-27)30-14-10-11-19-40-30/h7-21,25,29,31-34,44,46H,6,22-24H2,1-5H3,(H,41,49)(H,42,48)(H,43,47)(H,50,51)/t25-,29+,31-,32-,33-,34+/m0/s1. The van der Waals surface area contributed by atoms with Crippen LogP contribution in [-0.2, 0) is 22.4 Å². The molecule has 2 aromatic heterocycles. The van der Waals surface area contributed by atoms with Gasteiger partial charge in [-0.2, -0.15) is 0 Å². The van der Waals surface area contributed by atoms with Crippen LogP contribution in [0.4, 0.5) is 4.79 Å². The van der Waals surface area contributed by atoms with Crippen molar-refractivity contribution in [3.8, 4) is 11.3 Å². The summed E-state index contributed by atoms with van der Waals surface area (Å²) in [5.41, 5.74) is 2.33. The molecule has 0 radical (unpaired) electrons. The Hall–Kier alpha value is -5.23. The minimum atomic E-state index is -1.32. The first-order valence-electron chi connectivity index (χ1n) is 17.3. The van der Waals surface area contributed by atoms with Gasteiger partial charge in [0.15, 0.2) is 0 Å². The fourth-order valence-electron chi connectivity index (χ4n) is 6.21. The largest absolute Gasteiger partial charge is 0.465 e. The Bertz CT molecular complexity index is 1770. The molecule has 6 N–H and O–H groups in total. The second-order valence-electron chi connectivity index (χ2n) is 14.2. The van der Waals surface area contributed by atoms with E-state index >= 15 is 0 Å². The molecule has 4 aromatic rings. The van der Waals surface area contributed by atoms with E-state index in [1.807, 2.05) is 86.6 Å². The number of aromatic nitrogens is 3. The fraction of sp³-hybridized carbons (Fsp3) is 0.410. The van der Waals surface area contributed by atoms with Crippen molar-refractivity contribution < 1.29 is 24.6 Å². The number of rotatable bonds is 16. The van der Waals surface area contributed by atoms with Crippen molar-refractivity contribution in [2.75, 3.05) is 0 Å². The Morgan fingerprint density at radius 1 is 0.882 bits per heavy atom. The van der Waals surface area contributed by atoms with Gasteiger partial charge in [-0.25, -0.2) is 9.59 Å². The summed E-state index contributed by atoms with van der Waals surface area (Å²) in [6.45, 7) is 9.14. The summed E-state index contributed by atoms with van der Waals surface area (Å²) >= 11 is 0. The summed E-state index contributed by atoms with van der Waals surface area (Å²) in [6.07, 6.45) is 3.55. The molecule has 51 heavy (non-hydrogen) atoms. The highest BCUT2D eigenvalue weighted by Gasteiger charge is 2.36. The lowest BCUT2D eigenvalue weighted by atomic mass is 9.85. The molecular formula is C39H50N6O6. The Morgan fingerprint density at radius 3 is 2.12 bits per heavy atom. The zero-order valence-corrected chi connectivity index (χ0v) is 29.9. The number of nitrogens with zero attached hydrogens (tertiary/aromatic N) is 2. The third-order valence-corrected chi connectivity index (χ3v) is 9.18. The van der Waals surface area contributed by atoms with Gasteiger partial charge in [0.1, 0.15) is 12.1 Å². The van der Waals surface area contributed by atoms with Gasteiger partial charge in [0.05, 0.1) is 17.8 Å². The maximum absolute atomic E-state index is 14.0. The molecule has 6 atom stereocenters. The number of benzene rings is 2. The van der Waals surface area contributed by atoms with E-state index in [0.29, 0.717) is 12.8 Å². The fourth-order valence-corrected chi connectivity index (χ4v) is 6.21. The quantitative estimate of drug-likeness (QED) is 0.0981. The van der Waals surface area contributed by atoms with Crippen LogP contribution in [0.5, 0.6) is 0 Å². The molecule has 2 aromatic carbocycles. The van der Waals surface area contributed by atoms with E-state index in [2.05, 4.69) is 25.9 Å². The summed E-state index contributed by atoms with van der Waals surface area (Å²) in [6, 6.07) is 19.5. The predicted molar refractivity (Wildman–Crippen MR) is 196 cm³/mol. The van der Waals surface area contributed by atoms with E-state index in [9.17, 15) is 29.4 Å². The van der Waals surface area contributed by atoms with Crippen LogP contribution in [-0.4, -0.2) is 66.9 Å². The second-order valence-corrected chi connectivity index (χ2v) is 14.2. The number of imidazole rings is 1. The van der Waals surface area contributed by atoms with Crippen LogP contribution in [0.1, 0.15) is 64.6 Å². The van der Waals surface area contributed by atoms with Crippen LogP contribution >= 0.6 is 0 Å². The molecule has 0 aliphatic carbocycles. The van der Waals surface area contributed by atoms with Gasteiger partial charge < -0.3 is 31.1 Å². The maximum atomic E-state index is 14.0. The highest BCUT2D eigenvalue weighted by molar-refractivity contribution is 5.86. The molecule has 0 saturated heterocycles. The number of aliphatic hydroxyl groups is 1. The van der Waals surface area contributed by atoms with Crippen molar-refractivity contribution in [2.45, 2.75) is 90.6 Å². The van der Waals surface area contributed by atoms with Crippen molar-refractivity contribution in [1.29, 1.82) is 0 Å². The van der Waals surface area contributed by atoms with E-state index in [-0.39, 0.29) is 18.8 Å². The zero-order chi connectivity index (χ0) is 37.1. The van der Waals surface area contributed by atoms with Crippen molar-refractivity contribution in [3.63, 3.8) is 0 Å². The van der Waals surface area contributed by atoms with Gasteiger partial charge in [-0.3, -0.25) is 19.1 Å². The molecule has 3 amide bonds. The Balaban J connectivity index is 1.65. The predicted octanol–water partition coefficient (Wildman–Crippen LogP) is 4.71. The van der Waals surface area contributed by atoms with Gasteiger partial charge in [-0.05, 0) is 53.9 Å². The molecule has 272 valence electrons. The number of carboxylic acid groups (broad SMARTS) is 1. The van der Waals surface area contributed by atoms with Gasteiger partial charge in [-0.1, -0.05) is 102 Å². The number of aliphatic hydroxyl groups excluding tert-OH is 1. The Kier molecular flexibility index (Phi) is 13.3. The van der Waals surface area contributed by atoms with Crippen LogP contribution in [0, 0.1) is 11.3 Å². The second kappa shape index (κ2) is 17.6. The monoisotopic (exact) mass is 698 g/mol. The first-order valence-corrected chi connectivity index (χ1v) is 17.3. The lowest BCUT2D eigenvalue weighted by Gasteiger charge is -2.33. The summed E-state index contributed by atoms with van der Waals surface area (Å²) < 4.78 is 1.37. The first kappa shape index (κ1) is 38.6. The minimum Gasteiger partial charge on any atom is -0.465 e. The molecule has 0 saturated carbocycles. The van der Waals surface area contributed by atoms with Crippen LogP contribution in [0.2, 0.25) is 0 Å². The van der Waals surface area contributed by atoms with E-state index in [0.717, 1.165) is 22.4 Å². The minimum absolute atomic E-state index is 0.0353. The average Bonchev–Trinajstić information content (AvgIpc) is 3.52. The number of hydrogen-bond donors (Lipinski definition) is 6. The maximum Gasteiger partial charge on any atom is 0.405 e. The number of carbonyl (C=O) groups excluding carboxylic acids is 2. The zero-order valence-electron chi connectivity index (χ0n) is 29.9. The van der Waals surface area contributed by atoms with Crippen molar-refractivity contribution >= 4 is 17.9 Å². The topological polar surface area (TPSA) is 178 Å². The summed E-state index contributed by atoms with van der Waals surface area (Å²) in [5.74, 6) is -1.13. The smallest absolute Gasteiger partial charge is 0.405 e. The van der Waals surface area contributed by atoms with Gasteiger partial charge >= 0.3 is 11.8 Å². The first-order chi connectivity index (χ1) is 24.3. The van der Waals surface area contributed by atoms with Gasteiger partial charge in [0.2, 0.25) is 11.8 Å². The third-order valence-electron chi connectivity index (χ3n) is 9.18. The van der Waals surface area contributed by atoms with E-state index in [4.69, 9.17) is 0 Å². The number of aromatic amines is 1. The van der Waals surface area contributed by atoms with Crippen LogP contribution in [0.25, 0.3) is 11.3 Å². The molecule has 0 aliphatic heterocycles. The molecule has 0 aliphatic rings. The number of pyridine rings is 1. The number of H-pyrrole nitrogens is 1. The van der Waals surface area contributed by atoms with E-state index in [1.165, 1.54) is 10.8 Å². The molecule has 0 fully saturated rings. The lowest BCUT2D eigenvalue weighted by molar-refractivity contribution is -0.128. The summed E-state index contributed by atoms with van der Waals surface area (Å²) in [5, 5.41) is 29.8.